The summed E-state index contributed by atoms with van der Waals surface area (Å²) in [6, 6.07) is 19.6. The van der Waals surface area contributed by atoms with E-state index in [0.717, 1.165) is 68.1 Å². The second-order valence-electron chi connectivity index (χ2n) is 8.61. The number of furan rings is 1. The minimum absolute atomic E-state index is 0.326. The van der Waals surface area contributed by atoms with E-state index in [0.29, 0.717) is 29.4 Å². The monoisotopic (exact) mass is 497 g/mol. The normalized spacial score (nSPS) is 14.8. The molecular formula is C28H26F3NO4. The zero-order valence-electron chi connectivity index (χ0n) is 19.6. The van der Waals surface area contributed by atoms with E-state index < -0.39 is 11.7 Å². The van der Waals surface area contributed by atoms with E-state index in [-0.39, 0.29) is 0 Å². The van der Waals surface area contributed by atoms with Crippen molar-refractivity contribution in [2.75, 3.05) is 39.5 Å². The molecule has 5 rings (SSSR count). The van der Waals surface area contributed by atoms with Gasteiger partial charge in [0.05, 0.1) is 25.4 Å². The molecule has 0 saturated carbocycles. The van der Waals surface area contributed by atoms with Crippen LogP contribution in [-0.4, -0.2) is 44.4 Å². The second kappa shape index (κ2) is 10.6. The van der Waals surface area contributed by atoms with E-state index in [2.05, 4.69) is 4.90 Å². The highest BCUT2D eigenvalue weighted by molar-refractivity contribution is 5.84. The Morgan fingerprint density at radius 1 is 0.806 bits per heavy atom. The maximum atomic E-state index is 12.8. The van der Waals surface area contributed by atoms with Crippen molar-refractivity contribution in [3.05, 3.63) is 78.4 Å². The Labute approximate surface area is 207 Å². The second-order valence-corrected chi connectivity index (χ2v) is 8.61. The largest absolute Gasteiger partial charge is 0.494 e. The van der Waals surface area contributed by atoms with Gasteiger partial charge in [0.15, 0.2) is 0 Å². The number of halogens is 3. The molecule has 188 valence electrons. The number of hydrogen-bond donors (Lipinski definition) is 0. The van der Waals surface area contributed by atoms with Crippen molar-refractivity contribution in [2.24, 2.45) is 0 Å². The molecule has 36 heavy (non-hydrogen) atoms. The Morgan fingerprint density at radius 3 is 2.22 bits per heavy atom. The predicted molar refractivity (Wildman–Crippen MR) is 131 cm³/mol. The van der Waals surface area contributed by atoms with Gasteiger partial charge in [-0.1, -0.05) is 0 Å². The van der Waals surface area contributed by atoms with Crippen molar-refractivity contribution in [1.29, 1.82) is 0 Å². The molecule has 0 spiro atoms. The van der Waals surface area contributed by atoms with Gasteiger partial charge >= 0.3 is 6.18 Å². The van der Waals surface area contributed by atoms with E-state index in [9.17, 15) is 13.2 Å². The molecule has 1 fully saturated rings. The highest BCUT2D eigenvalue weighted by Crippen LogP contribution is 2.34. The molecular weight excluding hydrogens is 471 g/mol. The summed E-state index contributed by atoms with van der Waals surface area (Å²) >= 11 is 0. The summed E-state index contributed by atoms with van der Waals surface area (Å²) in [5.41, 5.74) is 0.888. The quantitative estimate of drug-likeness (QED) is 0.245. The van der Waals surface area contributed by atoms with Gasteiger partial charge in [-0.2, -0.15) is 13.2 Å². The fourth-order valence-electron chi connectivity index (χ4n) is 4.09. The first-order valence-electron chi connectivity index (χ1n) is 11.9. The maximum absolute atomic E-state index is 12.8. The van der Waals surface area contributed by atoms with E-state index in [1.807, 2.05) is 30.3 Å². The molecule has 4 aromatic rings. The average Bonchev–Trinajstić information content (AvgIpc) is 3.31. The molecule has 1 aliphatic rings. The zero-order valence-corrected chi connectivity index (χ0v) is 19.6. The van der Waals surface area contributed by atoms with Crippen molar-refractivity contribution < 1.29 is 31.8 Å². The third-order valence-electron chi connectivity index (χ3n) is 6.04. The number of morpholine rings is 1. The summed E-state index contributed by atoms with van der Waals surface area (Å²) in [6.07, 6.45) is -3.42. The van der Waals surface area contributed by atoms with E-state index in [1.165, 1.54) is 12.1 Å². The first-order valence-corrected chi connectivity index (χ1v) is 11.9. The molecule has 3 aromatic carbocycles. The van der Waals surface area contributed by atoms with Crippen LogP contribution in [-0.2, 0) is 10.9 Å². The van der Waals surface area contributed by atoms with Crippen molar-refractivity contribution in [3.8, 4) is 28.6 Å². The Hall–Kier alpha value is -3.49. The standard InChI is InChI=1S/C28H26F3NO4/c29-28(30,31)22-4-8-24(9-5-22)35-25-10-11-26-21(18-25)19-27(36-26)20-2-6-23(7-3-20)34-15-1-12-32-13-16-33-17-14-32/h2-11,18-19H,1,12-17H2. The first-order chi connectivity index (χ1) is 17.4. The number of alkyl halides is 3. The molecule has 2 heterocycles. The molecule has 1 aliphatic heterocycles. The fraction of sp³-hybridized carbons (Fsp3) is 0.286. The van der Waals surface area contributed by atoms with Crippen molar-refractivity contribution >= 4 is 11.0 Å². The van der Waals surface area contributed by atoms with Gasteiger partial charge in [0.2, 0.25) is 0 Å². The Kier molecular flexibility index (Phi) is 7.16. The topological polar surface area (TPSA) is 44.1 Å². The first kappa shape index (κ1) is 24.2. The molecule has 0 atom stereocenters. The SMILES string of the molecule is FC(F)(F)c1ccc(Oc2ccc3oc(-c4ccc(OCCCN5CCOCC5)cc4)cc3c2)cc1. The van der Waals surface area contributed by atoms with Crippen LogP contribution in [0.2, 0.25) is 0 Å². The summed E-state index contributed by atoms with van der Waals surface area (Å²) in [7, 11) is 0. The van der Waals surface area contributed by atoms with Gasteiger partial charge in [-0.05, 0) is 79.2 Å². The molecule has 0 unspecified atom stereocenters. The van der Waals surface area contributed by atoms with Crippen LogP contribution in [0.15, 0.2) is 77.2 Å². The summed E-state index contributed by atoms with van der Waals surface area (Å²) in [5.74, 6) is 2.35. The number of rotatable bonds is 8. The molecule has 0 amide bonds. The Bertz CT molecular complexity index is 1280. The van der Waals surface area contributed by atoms with Crippen LogP contribution < -0.4 is 9.47 Å². The van der Waals surface area contributed by atoms with Gasteiger partial charge < -0.3 is 18.6 Å². The van der Waals surface area contributed by atoms with Crippen molar-refractivity contribution in [3.63, 3.8) is 0 Å². The molecule has 5 nitrogen and oxygen atoms in total. The lowest BCUT2D eigenvalue weighted by atomic mass is 10.1. The Morgan fingerprint density at radius 2 is 1.50 bits per heavy atom. The van der Waals surface area contributed by atoms with Gasteiger partial charge in [-0.25, -0.2) is 0 Å². The highest BCUT2D eigenvalue weighted by atomic mass is 19.4. The number of fused-ring (bicyclic) bond motifs is 1. The average molecular weight is 498 g/mol. The summed E-state index contributed by atoms with van der Waals surface area (Å²) in [4.78, 5) is 2.39. The Balaban J connectivity index is 1.19. The maximum Gasteiger partial charge on any atom is 0.416 e. The molecule has 0 N–H and O–H groups in total. The van der Waals surface area contributed by atoms with Gasteiger partial charge in [0.25, 0.3) is 0 Å². The number of hydrogen-bond acceptors (Lipinski definition) is 5. The van der Waals surface area contributed by atoms with E-state index in [4.69, 9.17) is 18.6 Å². The van der Waals surface area contributed by atoms with Crippen LogP contribution >= 0.6 is 0 Å². The zero-order chi connectivity index (χ0) is 25.0. The number of benzene rings is 3. The summed E-state index contributed by atoms with van der Waals surface area (Å²) in [5, 5.41) is 0.831. The van der Waals surface area contributed by atoms with Crippen LogP contribution in [0.5, 0.6) is 17.2 Å². The molecule has 0 aliphatic carbocycles. The smallest absolute Gasteiger partial charge is 0.416 e. The predicted octanol–water partition coefficient (Wildman–Crippen LogP) is 7.01. The summed E-state index contributed by atoms with van der Waals surface area (Å²) in [6.45, 7) is 5.23. The van der Waals surface area contributed by atoms with Gasteiger partial charge in [0.1, 0.15) is 28.6 Å². The molecule has 1 aromatic heterocycles. The lowest BCUT2D eigenvalue weighted by molar-refractivity contribution is -0.137. The van der Waals surface area contributed by atoms with Crippen LogP contribution in [0, 0.1) is 0 Å². The van der Waals surface area contributed by atoms with Crippen molar-refractivity contribution in [2.45, 2.75) is 12.6 Å². The minimum atomic E-state index is -4.38. The highest BCUT2D eigenvalue weighted by Gasteiger charge is 2.30. The van der Waals surface area contributed by atoms with Crippen molar-refractivity contribution in [1.82, 2.24) is 4.90 Å². The van der Waals surface area contributed by atoms with Gasteiger partial charge in [-0.3, -0.25) is 4.90 Å². The molecule has 8 heteroatoms. The van der Waals surface area contributed by atoms with Crippen LogP contribution in [0.3, 0.4) is 0 Å². The third-order valence-corrected chi connectivity index (χ3v) is 6.04. The van der Waals surface area contributed by atoms with E-state index in [1.54, 1.807) is 18.2 Å². The number of ether oxygens (including phenoxy) is 3. The van der Waals surface area contributed by atoms with Crippen LogP contribution in [0.4, 0.5) is 13.2 Å². The molecule has 0 bridgehead atoms. The minimum Gasteiger partial charge on any atom is -0.494 e. The van der Waals surface area contributed by atoms with Crippen LogP contribution in [0.25, 0.3) is 22.3 Å². The van der Waals surface area contributed by atoms with Gasteiger partial charge in [-0.15, -0.1) is 0 Å². The fourth-order valence-corrected chi connectivity index (χ4v) is 4.09. The van der Waals surface area contributed by atoms with Crippen LogP contribution in [0.1, 0.15) is 12.0 Å². The molecule has 0 radical (unpaired) electrons. The molecule has 1 saturated heterocycles. The van der Waals surface area contributed by atoms with Gasteiger partial charge in [0, 0.05) is 30.6 Å². The lowest BCUT2D eigenvalue weighted by Gasteiger charge is -2.26. The number of nitrogens with zero attached hydrogens (tertiary/aromatic N) is 1. The summed E-state index contributed by atoms with van der Waals surface area (Å²) < 4.78 is 61.2. The van der Waals surface area contributed by atoms with E-state index >= 15 is 0 Å². The lowest BCUT2D eigenvalue weighted by Crippen LogP contribution is -2.37. The third kappa shape index (κ3) is 6.01.